The third-order valence-electron chi connectivity index (χ3n) is 3.01. The van der Waals surface area contributed by atoms with Crippen LogP contribution in [0.1, 0.15) is 38.5 Å². The summed E-state index contributed by atoms with van der Waals surface area (Å²) >= 11 is 0. The fourth-order valence-corrected chi connectivity index (χ4v) is 1.76. The van der Waals surface area contributed by atoms with E-state index in [1.165, 1.54) is 0 Å². The summed E-state index contributed by atoms with van der Waals surface area (Å²) in [7, 11) is 0. The van der Waals surface area contributed by atoms with E-state index < -0.39 is 17.9 Å². The molecular weight excluding hydrogens is 224 g/mol. The summed E-state index contributed by atoms with van der Waals surface area (Å²) in [5.74, 6) is -1.56. The Morgan fingerprint density at radius 2 is 2.00 bits per heavy atom. The number of hydrogen-bond acceptors (Lipinski definition) is 3. The second-order valence-electron chi connectivity index (χ2n) is 4.46. The van der Waals surface area contributed by atoms with Gasteiger partial charge >= 0.3 is 5.97 Å². The number of carbonyl (C=O) groups is 3. The molecule has 0 saturated heterocycles. The summed E-state index contributed by atoms with van der Waals surface area (Å²) in [5, 5.41) is 11.3. The van der Waals surface area contributed by atoms with E-state index in [0.717, 1.165) is 19.3 Å². The van der Waals surface area contributed by atoms with Crippen molar-refractivity contribution in [1.29, 1.82) is 0 Å². The maximum absolute atomic E-state index is 11.5. The van der Waals surface area contributed by atoms with Crippen LogP contribution in [0.3, 0.4) is 0 Å². The van der Waals surface area contributed by atoms with E-state index in [4.69, 9.17) is 10.8 Å². The Morgan fingerprint density at radius 1 is 1.35 bits per heavy atom. The van der Waals surface area contributed by atoms with Crippen molar-refractivity contribution in [2.45, 2.75) is 44.6 Å². The van der Waals surface area contributed by atoms with Crippen LogP contribution in [0, 0.1) is 5.92 Å². The monoisotopic (exact) mass is 242 g/mol. The lowest BCUT2D eigenvalue weighted by atomic mass is 9.83. The number of hydrogen-bond donors (Lipinski definition) is 3. The Hall–Kier alpha value is -1.59. The zero-order chi connectivity index (χ0) is 12.8. The lowest BCUT2D eigenvalue weighted by Crippen LogP contribution is -2.42. The molecule has 17 heavy (non-hydrogen) atoms. The average Bonchev–Trinajstić information content (AvgIpc) is 2.17. The van der Waals surface area contributed by atoms with Crippen LogP contribution in [-0.4, -0.2) is 28.9 Å². The van der Waals surface area contributed by atoms with Crippen molar-refractivity contribution in [2.75, 3.05) is 0 Å². The first-order valence-corrected chi connectivity index (χ1v) is 5.79. The van der Waals surface area contributed by atoms with Gasteiger partial charge in [-0.2, -0.15) is 0 Å². The zero-order valence-corrected chi connectivity index (χ0v) is 9.65. The molecule has 1 aliphatic rings. The van der Waals surface area contributed by atoms with Gasteiger partial charge in [-0.3, -0.25) is 9.59 Å². The fourth-order valence-electron chi connectivity index (χ4n) is 1.76. The smallest absolute Gasteiger partial charge is 0.326 e. The Morgan fingerprint density at radius 3 is 2.41 bits per heavy atom. The number of carbonyl (C=O) groups excluding carboxylic acids is 2. The van der Waals surface area contributed by atoms with Crippen LogP contribution in [0.2, 0.25) is 0 Å². The number of aliphatic carboxylic acids is 1. The molecule has 1 aliphatic carbocycles. The number of amides is 2. The second-order valence-corrected chi connectivity index (χ2v) is 4.46. The number of nitrogens with one attached hydrogen (secondary N) is 1. The first-order chi connectivity index (χ1) is 7.99. The minimum atomic E-state index is -1.13. The van der Waals surface area contributed by atoms with Gasteiger partial charge in [0.05, 0.1) is 0 Å². The summed E-state index contributed by atoms with van der Waals surface area (Å²) in [6.45, 7) is 0. The van der Waals surface area contributed by atoms with E-state index in [9.17, 15) is 14.4 Å². The minimum absolute atomic E-state index is 0.0410. The number of carboxylic acids is 1. The number of carboxylic acid groups (broad SMARTS) is 1. The molecule has 0 aromatic rings. The summed E-state index contributed by atoms with van der Waals surface area (Å²) in [6, 6.07) is -1.02. The zero-order valence-electron chi connectivity index (χ0n) is 9.65. The van der Waals surface area contributed by atoms with E-state index in [2.05, 4.69) is 5.32 Å². The number of primary amides is 1. The van der Waals surface area contributed by atoms with Gasteiger partial charge < -0.3 is 16.2 Å². The van der Waals surface area contributed by atoms with Crippen molar-refractivity contribution >= 4 is 17.8 Å². The molecule has 1 unspecified atom stereocenters. The Bertz CT molecular complexity index is 313. The van der Waals surface area contributed by atoms with Crippen molar-refractivity contribution in [3.05, 3.63) is 0 Å². The van der Waals surface area contributed by atoms with Crippen LogP contribution in [-0.2, 0) is 14.4 Å². The van der Waals surface area contributed by atoms with Crippen molar-refractivity contribution in [3.63, 3.8) is 0 Å². The van der Waals surface area contributed by atoms with Gasteiger partial charge in [0.15, 0.2) is 0 Å². The maximum atomic E-state index is 11.5. The number of nitrogens with two attached hydrogens (primary N) is 1. The lowest BCUT2D eigenvalue weighted by molar-refractivity contribution is -0.142. The van der Waals surface area contributed by atoms with Gasteiger partial charge in [0.25, 0.3) is 0 Å². The maximum Gasteiger partial charge on any atom is 0.326 e. The molecule has 0 radical (unpaired) electrons. The molecular formula is C11H18N2O4. The topological polar surface area (TPSA) is 109 Å². The fraction of sp³-hybridized carbons (Fsp3) is 0.727. The molecule has 6 nitrogen and oxygen atoms in total. The predicted molar refractivity (Wildman–Crippen MR) is 60.0 cm³/mol. The molecule has 2 amide bonds. The van der Waals surface area contributed by atoms with E-state index in [-0.39, 0.29) is 18.7 Å². The minimum Gasteiger partial charge on any atom is -0.480 e. The van der Waals surface area contributed by atoms with Crippen LogP contribution in [0.5, 0.6) is 0 Å². The van der Waals surface area contributed by atoms with Gasteiger partial charge in [-0.05, 0) is 25.2 Å². The lowest BCUT2D eigenvalue weighted by Gasteiger charge is -2.25. The van der Waals surface area contributed by atoms with Crippen molar-refractivity contribution in [2.24, 2.45) is 11.7 Å². The molecule has 0 bridgehead atoms. The van der Waals surface area contributed by atoms with Gasteiger partial charge in [0.1, 0.15) is 6.04 Å². The van der Waals surface area contributed by atoms with Crippen molar-refractivity contribution in [1.82, 2.24) is 5.32 Å². The highest BCUT2D eigenvalue weighted by molar-refractivity contribution is 5.84. The van der Waals surface area contributed by atoms with E-state index in [0.29, 0.717) is 12.3 Å². The van der Waals surface area contributed by atoms with Gasteiger partial charge in [-0.25, -0.2) is 4.79 Å². The van der Waals surface area contributed by atoms with Gasteiger partial charge in [0, 0.05) is 12.8 Å². The molecule has 4 N–H and O–H groups in total. The second kappa shape index (κ2) is 6.22. The Labute approximate surface area is 99.6 Å². The normalized spacial score (nSPS) is 16.9. The molecule has 1 fully saturated rings. The molecule has 1 rings (SSSR count). The summed E-state index contributed by atoms with van der Waals surface area (Å²) in [5.41, 5.74) is 4.94. The molecule has 1 saturated carbocycles. The Kier molecular flexibility index (Phi) is 4.93. The molecule has 0 spiro atoms. The standard InChI is InChI=1S/C11H18N2O4/c12-9(14)5-4-8(11(16)17)13-10(15)6-7-2-1-3-7/h7-8H,1-6H2,(H2,12,14)(H,13,15)(H,16,17). The summed E-state index contributed by atoms with van der Waals surface area (Å²) in [6.07, 6.45) is 3.59. The van der Waals surface area contributed by atoms with Crippen molar-refractivity contribution < 1.29 is 19.5 Å². The van der Waals surface area contributed by atoms with E-state index in [1.54, 1.807) is 0 Å². The summed E-state index contributed by atoms with van der Waals surface area (Å²) in [4.78, 5) is 32.9. The van der Waals surface area contributed by atoms with E-state index in [1.807, 2.05) is 0 Å². The highest BCUT2D eigenvalue weighted by Crippen LogP contribution is 2.29. The molecule has 0 heterocycles. The van der Waals surface area contributed by atoms with Gasteiger partial charge in [-0.1, -0.05) is 6.42 Å². The molecule has 0 aliphatic heterocycles. The van der Waals surface area contributed by atoms with Crippen LogP contribution >= 0.6 is 0 Å². The molecule has 6 heteroatoms. The van der Waals surface area contributed by atoms with Crippen LogP contribution in [0.15, 0.2) is 0 Å². The highest BCUT2D eigenvalue weighted by atomic mass is 16.4. The van der Waals surface area contributed by atoms with Gasteiger partial charge in [0.2, 0.25) is 11.8 Å². The van der Waals surface area contributed by atoms with Crippen LogP contribution in [0.4, 0.5) is 0 Å². The largest absolute Gasteiger partial charge is 0.480 e. The van der Waals surface area contributed by atoms with Crippen LogP contribution < -0.4 is 11.1 Å². The first kappa shape index (κ1) is 13.5. The molecule has 0 aromatic carbocycles. The molecule has 1 atom stereocenters. The molecule has 0 aromatic heterocycles. The Balaban J connectivity index is 2.33. The molecule has 96 valence electrons. The first-order valence-electron chi connectivity index (χ1n) is 5.79. The quantitative estimate of drug-likeness (QED) is 0.584. The predicted octanol–water partition coefficient (Wildman–Crippen LogP) is 0.0115. The highest BCUT2D eigenvalue weighted by Gasteiger charge is 2.24. The van der Waals surface area contributed by atoms with Gasteiger partial charge in [-0.15, -0.1) is 0 Å². The van der Waals surface area contributed by atoms with E-state index >= 15 is 0 Å². The third kappa shape index (κ3) is 4.84. The SMILES string of the molecule is NC(=O)CCC(NC(=O)CC1CCC1)C(=O)O. The average molecular weight is 242 g/mol. The third-order valence-corrected chi connectivity index (χ3v) is 3.01. The van der Waals surface area contributed by atoms with Crippen molar-refractivity contribution in [3.8, 4) is 0 Å². The van der Waals surface area contributed by atoms with Crippen LogP contribution in [0.25, 0.3) is 0 Å². The number of rotatable bonds is 7. The summed E-state index contributed by atoms with van der Waals surface area (Å²) < 4.78 is 0.